The van der Waals surface area contributed by atoms with Gasteiger partial charge in [-0.25, -0.2) is 13.1 Å². The van der Waals surface area contributed by atoms with Crippen LogP contribution in [0.25, 0.3) is 0 Å². The molecule has 2 heterocycles. The Kier molecular flexibility index (Phi) is 3.96. The Morgan fingerprint density at radius 3 is 2.64 bits per heavy atom. The van der Waals surface area contributed by atoms with Gasteiger partial charge in [0.05, 0.1) is 18.1 Å². The molecule has 5 nitrogen and oxygen atoms in total. The number of ether oxygens (including phenoxy) is 2. The molecular weight excluding hydrogens is 338 g/mol. The van der Waals surface area contributed by atoms with Gasteiger partial charge in [0.15, 0.2) is 0 Å². The Hall–Kier alpha value is -2.05. The van der Waals surface area contributed by atoms with Crippen molar-refractivity contribution in [2.45, 2.75) is 38.1 Å². The van der Waals surface area contributed by atoms with Crippen molar-refractivity contribution in [1.82, 2.24) is 4.72 Å². The van der Waals surface area contributed by atoms with Crippen LogP contribution in [0.2, 0.25) is 0 Å². The van der Waals surface area contributed by atoms with E-state index in [2.05, 4.69) is 4.72 Å². The van der Waals surface area contributed by atoms with Gasteiger partial charge in [0.1, 0.15) is 11.5 Å². The minimum atomic E-state index is -3.58. The van der Waals surface area contributed by atoms with Gasteiger partial charge < -0.3 is 9.47 Å². The molecule has 0 aromatic heterocycles. The van der Waals surface area contributed by atoms with E-state index in [4.69, 9.17) is 9.47 Å². The number of nitrogens with one attached hydrogen (secondary N) is 1. The Balaban J connectivity index is 1.64. The second kappa shape index (κ2) is 6.04. The fourth-order valence-electron chi connectivity index (χ4n) is 3.40. The highest BCUT2D eigenvalue weighted by Crippen LogP contribution is 2.40. The minimum Gasteiger partial charge on any atom is -0.493 e. The highest BCUT2D eigenvalue weighted by molar-refractivity contribution is 7.89. The van der Waals surface area contributed by atoms with E-state index in [0.29, 0.717) is 13.2 Å². The van der Waals surface area contributed by atoms with E-state index in [9.17, 15) is 8.42 Å². The summed E-state index contributed by atoms with van der Waals surface area (Å²) in [6.07, 6.45) is 1.62. The molecule has 0 atom stereocenters. The van der Waals surface area contributed by atoms with Crippen LogP contribution in [0.15, 0.2) is 29.2 Å². The summed E-state index contributed by atoms with van der Waals surface area (Å²) in [5.41, 5.74) is 5.10. The predicted octanol–water partition coefficient (Wildman–Crippen LogP) is 2.65. The average Bonchev–Trinajstić information content (AvgIpc) is 3.22. The van der Waals surface area contributed by atoms with Crippen molar-refractivity contribution in [3.8, 4) is 11.5 Å². The van der Waals surface area contributed by atoms with Gasteiger partial charge in [0.25, 0.3) is 0 Å². The first-order chi connectivity index (χ1) is 12.0. The van der Waals surface area contributed by atoms with Crippen molar-refractivity contribution in [2.75, 3.05) is 13.2 Å². The van der Waals surface area contributed by atoms with Crippen LogP contribution in [-0.2, 0) is 29.4 Å². The van der Waals surface area contributed by atoms with Crippen LogP contribution in [0.1, 0.15) is 27.8 Å². The monoisotopic (exact) mass is 359 g/mol. The molecule has 0 aliphatic carbocycles. The van der Waals surface area contributed by atoms with Gasteiger partial charge in [-0.05, 0) is 43.2 Å². The largest absolute Gasteiger partial charge is 0.493 e. The van der Waals surface area contributed by atoms with Crippen LogP contribution in [-0.4, -0.2) is 21.6 Å². The van der Waals surface area contributed by atoms with Gasteiger partial charge in [-0.15, -0.1) is 0 Å². The molecule has 0 saturated heterocycles. The lowest BCUT2D eigenvalue weighted by molar-refractivity contribution is 0.352. The Morgan fingerprint density at radius 2 is 1.84 bits per heavy atom. The first-order valence-corrected chi connectivity index (χ1v) is 9.94. The SMILES string of the molecule is Cc1ccc(S(=O)(=O)NCc2c3c(cc4c2OCC4)OCC3)cc1C. The van der Waals surface area contributed by atoms with Crippen molar-refractivity contribution in [3.63, 3.8) is 0 Å². The standard InChI is InChI=1S/C19H21NO4S/c1-12-3-4-15(9-13(12)2)25(21,22)20-11-17-16-6-8-23-18(16)10-14-5-7-24-19(14)17/h3-4,9-10,20H,5-8,11H2,1-2H3. The first-order valence-electron chi connectivity index (χ1n) is 8.46. The van der Waals surface area contributed by atoms with E-state index < -0.39 is 10.0 Å². The molecule has 0 radical (unpaired) electrons. The maximum Gasteiger partial charge on any atom is 0.240 e. The summed E-state index contributed by atoms with van der Waals surface area (Å²) >= 11 is 0. The third-order valence-electron chi connectivity index (χ3n) is 4.99. The molecule has 2 aliphatic heterocycles. The molecule has 25 heavy (non-hydrogen) atoms. The third-order valence-corrected chi connectivity index (χ3v) is 6.39. The summed E-state index contributed by atoms with van der Waals surface area (Å²) in [5.74, 6) is 1.69. The molecule has 2 aromatic carbocycles. The molecule has 0 fully saturated rings. The zero-order chi connectivity index (χ0) is 17.6. The summed E-state index contributed by atoms with van der Waals surface area (Å²) in [4.78, 5) is 0.289. The van der Waals surface area contributed by atoms with Crippen molar-refractivity contribution < 1.29 is 17.9 Å². The van der Waals surface area contributed by atoms with Crippen molar-refractivity contribution in [3.05, 3.63) is 52.1 Å². The summed E-state index contributed by atoms with van der Waals surface area (Å²) in [5, 5.41) is 0. The number of hydrogen-bond donors (Lipinski definition) is 1. The second-order valence-corrected chi connectivity index (χ2v) is 8.35. The van der Waals surface area contributed by atoms with Gasteiger partial charge in [-0.2, -0.15) is 0 Å². The zero-order valence-corrected chi connectivity index (χ0v) is 15.2. The van der Waals surface area contributed by atoms with Crippen LogP contribution < -0.4 is 14.2 Å². The number of aryl methyl sites for hydroxylation is 2. The molecule has 0 unspecified atom stereocenters. The van der Waals surface area contributed by atoms with Crippen molar-refractivity contribution in [2.24, 2.45) is 0 Å². The molecular formula is C19H21NO4S. The summed E-state index contributed by atoms with van der Waals surface area (Å²) in [7, 11) is -3.58. The highest BCUT2D eigenvalue weighted by Gasteiger charge is 2.27. The van der Waals surface area contributed by atoms with Crippen LogP contribution in [0, 0.1) is 13.8 Å². The Labute approximate surface area is 148 Å². The van der Waals surface area contributed by atoms with Gasteiger partial charge in [0.2, 0.25) is 10.0 Å². The number of rotatable bonds is 4. The Bertz CT molecular complexity index is 918. The molecule has 0 amide bonds. The second-order valence-electron chi connectivity index (χ2n) is 6.59. The lowest BCUT2D eigenvalue weighted by Crippen LogP contribution is -2.24. The van der Waals surface area contributed by atoms with Gasteiger partial charge >= 0.3 is 0 Å². The van der Waals surface area contributed by atoms with Gasteiger partial charge in [-0.1, -0.05) is 6.07 Å². The smallest absolute Gasteiger partial charge is 0.240 e. The summed E-state index contributed by atoms with van der Waals surface area (Å²) in [6.45, 7) is 5.36. The first kappa shape index (κ1) is 16.4. The quantitative estimate of drug-likeness (QED) is 0.911. The molecule has 6 heteroatoms. The molecule has 4 rings (SSSR count). The van der Waals surface area contributed by atoms with E-state index in [1.54, 1.807) is 12.1 Å². The van der Waals surface area contributed by atoms with Crippen molar-refractivity contribution >= 4 is 10.0 Å². The summed E-state index contributed by atoms with van der Waals surface area (Å²) < 4.78 is 39.6. The van der Waals surface area contributed by atoms with E-state index in [1.165, 1.54) is 0 Å². The maximum absolute atomic E-state index is 12.7. The molecule has 132 valence electrons. The molecule has 0 bridgehead atoms. The van der Waals surface area contributed by atoms with Crippen LogP contribution in [0.5, 0.6) is 11.5 Å². The average molecular weight is 359 g/mol. The van der Waals surface area contributed by atoms with Gasteiger partial charge in [0, 0.05) is 36.1 Å². The minimum absolute atomic E-state index is 0.212. The van der Waals surface area contributed by atoms with E-state index in [-0.39, 0.29) is 11.4 Å². The number of hydrogen-bond acceptors (Lipinski definition) is 4. The molecule has 1 N–H and O–H groups in total. The number of sulfonamides is 1. The van der Waals surface area contributed by atoms with E-state index in [0.717, 1.165) is 52.2 Å². The molecule has 0 spiro atoms. The normalized spacial score (nSPS) is 15.4. The fraction of sp³-hybridized carbons (Fsp3) is 0.368. The van der Waals surface area contributed by atoms with Crippen LogP contribution in [0.4, 0.5) is 0 Å². The van der Waals surface area contributed by atoms with Crippen molar-refractivity contribution in [1.29, 1.82) is 0 Å². The zero-order valence-electron chi connectivity index (χ0n) is 14.4. The molecule has 2 aromatic rings. The van der Waals surface area contributed by atoms with E-state index in [1.807, 2.05) is 26.0 Å². The lowest BCUT2D eigenvalue weighted by Gasteiger charge is -2.14. The van der Waals surface area contributed by atoms with Gasteiger partial charge in [-0.3, -0.25) is 0 Å². The lowest BCUT2D eigenvalue weighted by atomic mass is 10.00. The number of fused-ring (bicyclic) bond motifs is 2. The van der Waals surface area contributed by atoms with Crippen LogP contribution >= 0.6 is 0 Å². The van der Waals surface area contributed by atoms with Crippen LogP contribution in [0.3, 0.4) is 0 Å². The molecule has 2 aliphatic rings. The predicted molar refractivity (Wildman–Crippen MR) is 94.8 cm³/mol. The molecule has 0 saturated carbocycles. The maximum atomic E-state index is 12.7. The Morgan fingerprint density at radius 1 is 1.04 bits per heavy atom. The summed E-state index contributed by atoms with van der Waals surface area (Å²) in [6, 6.07) is 7.21. The third kappa shape index (κ3) is 2.89. The number of benzene rings is 2. The fourth-order valence-corrected chi connectivity index (χ4v) is 4.48. The topological polar surface area (TPSA) is 64.6 Å². The highest BCUT2D eigenvalue weighted by atomic mass is 32.2. The van der Waals surface area contributed by atoms with E-state index >= 15 is 0 Å².